The molecule has 4 heteroatoms. The second-order valence-electron chi connectivity index (χ2n) is 5.03. The van der Waals surface area contributed by atoms with Gasteiger partial charge in [0.1, 0.15) is 0 Å². The third-order valence-electron chi connectivity index (χ3n) is 3.42. The van der Waals surface area contributed by atoms with Crippen LogP contribution in [0.1, 0.15) is 44.1 Å². The van der Waals surface area contributed by atoms with Crippen LogP contribution in [0, 0.1) is 0 Å². The van der Waals surface area contributed by atoms with Gasteiger partial charge >= 0.3 is 6.03 Å². The number of primary amides is 1. The van der Waals surface area contributed by atoms with Gasteiger partial charge in [-0.3, -0.25) is 0 Å². The molecule has 0 spiro atoms. The monoisotopic (exact) mass is 271 g/mol. The molecule has 3 N–H and O–H groups in total. The van der Waals surface area contributed by atoms with Crippen LogP contribution in [0.4, 0.5) is 4.79 Å². The predicted octanol–water partition coefficient (Wildman–Crippen LogP) is 3.45. The average Bonchev–Trinajstić information content (AvgIpc) is 2.42. The van der Waals surface area contributed by atoms with E-state index in [-0.39, 0.29) is 0 Å². The van der Waals surface area contributed by atoms with Crippen LogP contribution in [0.5, 0.6) is 0 Å². The predicted molar refractivity (Wildman–Crippen MR) is 82.3 cm³/mol. The number of hydrogen-bond acceptors (Lipinski definition) is 2. The Morgan fingerprint density at radius 1 is 1.10 bits per heavy atom. The van der Waals surface area contributed by atoms with Gasteiger partial charge in [-0.2, -0.15) is 5.10 Å². The molecule has 0 aromatic heterocycles. The van der Waals surface area contributed by atoms with Crippen molar-refractivity contribution in [1.82, 2.24) is 5.43 Å². The lowest BCUT2D eigenvalue weighted by Gasteiger charge is -2.15. The molecule has 2 rings (SSSR count). The molecule has 0 atom stereocenters. The van der Waals surface area contributed by atoms with Gasteiger partial charge in [0, 0.05) is 0 Å². The molecule has 2 amide bonds. The lowest BCUT2D eigenvalue weighted by molar-refractivity contribution is 0.249. The van der Waals surface area contributed by atoms with Gasteiger partial charge in [0.25, 0.3) is 0 Å². The van der Waals surface area contributed by atoms with Crippen LogP contribution >= 0.6 is 0 Å². The fourth-order valence-corrected chi connectivity index (χ4v) is 2.42. The summed E-state index contributed by atoms with van der Waals surface area (Å²) in [6.07, 6.45) is 8.77. The zero-order chi connectivity index (χ0) is 14.2. The van der Waals surface area contributed by atoms with Crippen LogP contribution in [0.25, 0.3) is 6.08 Å². The number of nitrogens with zero attached hydrogens (tertiary/aromatic N) is 1. The molecule has 0 heterocycles. The molecule has 106 valence electrons. The van der Waals surface area contributed by atoms with E-state index in [1.807, 2.05) is 18.2 Å². The lowest BCUT2D eigenvalue weighted by atomic mass is 9.93. The van der Waals surface area contributed by atoms with Crippen molar-refractivity contribution < 1.29 is 4.79 Å². The number of nitrogens with two attached hydrogens (primary N) is 1. The Balaban J connectivity index is 2.24. The van der Waals surface area contributed by atoms with Gasteiger partial charge in [-0.25, -0.2) is 10.2 Å². The fraction of sp³-hybridized carbons (Fsp3) is 0.375. The smallest absolute Gasteiger partial charge is 0.332 e. The number of hydrazone groups is 1. The van der Waals surface area contributed by atoms with E-state index in [1.54, 1.807) is 0 Å². The Labute approximate surface area is 119 Å². The summed E-state index contributed by atoms with van der Waals surface area (Å²) in [5.41, 5.74) is 10.8. The van der Waals surface area contributed by atoms with Crippen LogP contribution in [0.2, 0.25) is 0 Å². The number of carbonyl (C=O) groups excluding carboxylic acids is 1. The van der Waals surface area contributed by atoms with Gasteiger partial charge in [-0.05, 0) is 42.9 Å². The quantitative estimate of drug-likeness (QED) is 0.795. The maximum atomic E-state index is 10.8. The molecule has 0 radical (unpaired) electrons. The van der Waals surface area contributed by atoms with E-state index in [1.165, 1.54) is 18.4 Å². The van der Waals surface area contributed by atoms with E-state index in [0.29, 0.717) is 0 Å². The summed E-state index contributed by atoms with van der Waals surface area (Å²) in [6, 6.07) is 9.58. The van der Waals surface area contributed by atoms with Crippen molar-refractivity contribution in [1.29, 1.82) is 0 Å². The highest BCUT2D eigenvalue weighted by atomic mass is 16.2. The Kier molecular flexibility index (Phi) is 5.35. The molecular formula is C16H21N3O. The van der Waals surface area contributed by atoms with E-state index < -0.39 is 6.03 Å². The van der Waals surface area contributed by atoms with Crippen LogP contribution < -0.4 is 11.2 Å². The first-order valence-corrected chi connectivity index (χ1v) is 7.14. The second kappa shape index (κ2) is 7.48. The molecule has 1 fully saturated rings. The van der Waals surface area contributed by atoms with Crippen molar-refractivity contribution >= 4 is 17.8 Å². The molecule has 1 aliphatic rings. The molecule has 1 saturated carbocycles. The first-order chi connectivity index (χ1) is 9.75. The highest BCUT2D eigenvalue weighted by Gasteiger charge is 2.11. The number of allylic oxidation sites excluding steroid dienone is 1. The van der Waals surface area contributed by atoms with Gasteiger partial charge in [-0.15, -0.1) is 0 Å². The second-order valence-corrected chi connectivity index (χ2v) is 5.03. The van der Waals surface area contributed by atoms with Crippen LogP contribution in [-0.2, 0) is 0 Å². The van der Waals surface area contributed by atoms with Gasteiger partial charge < -0.3 is 5.73 Å². The van der Waals surface area contributed by atoms with E-state index in [0.717, 1.165) is 37.0 Å². The average molecular weight is 271 g/mol. The Hall–Kier alpha value is -2.10. The largest absolute Gasteiger partial charge is 0.350 e. The molecule has 4 nitrogen and oxygen atoms in total. The van der Waals surface area contributed by atoms with Crippen molar-refractivity contribution in [3.8, 4) is 0 Å². The minimum absolute atomic E-state index is 0.612. The molecule has 1 aromatic rings. The zero-order valence-corrected chi connectivity index (χ0v) is 11.6. The number of nitrogens with one attached hydrogen (secondary N) is 1. The van der Waals surface area contributed by atoms with Gasteiger partial charge in [0.05, 0.1) is 5.71 Å². The molecule has 20 heavy (non-hydrogen) atoms. The van der Waals surface area contributed by atoms with Crippen molar-refractivity contribution in [2.45, 2.75) is 38.5 Å². The first-order valence-electron chi connectivity index (χ1n) is 7.14. The highest BCUT2D eigenvalue weighted by molar-refractivity contribution is 6.04. The zero-order valence-electron chi connectivity index (χ0n) is 11.6. The Morgan fingerprint density at radius 3 is 2.50 bits per heavy atom. The van der Waals surface area contributed by atoms with E-state index in [4.69, 9.17) is 5.73 Å². The molecule has 0 unspecified atom stereocenters. The highest BCUT2D eigenvalue weighted by Crippen LogP contribution is 2.22. The van der Waals surface area contributed by atoms with Crippen molar-refractivity contribution in [3.63, 3.8) is 0 Å². The maximum absolute atomic E-state index is 10.8. The van der Waals surface area contributed by atoms with Gasteiger partial charge in [0.2, 0.25) is 0 Å². The van der Waals surface area contributed by atoms with Crippen LogP contribution in [0.15, 0.2) is 41.0 Å². The summed E-state index contributed by atoms with van der Waals surface area (Å²) in [4.78, 5) is 10.8. The summed E-state index contributed by atoms with van der Waals surface area (Å²) in [6.45, 7) is 0. The van der Waals surface area contributed by atoms with E-state index >= 15 is 0 Å². The SMILES string of the molecule is NC(=O)N/N=C1\CCCCCC\C1=C/c1ccccc1. The summed E-state index contributed by atoms with van der Waals surface area (Å²) in [7, 11) is 0. The number of amides is 2. The molecule has 1 aromatic carbocycles. The summed E-state index contributed by atoms with van der Waals surface area (Å²) in [5, 5.41) is 4.19. The Bertz CT molecular complexity index is 506. The summed E-state index contributed by atoms with van der Waals surface area (Å²) in [5.74, 6) is 0. The maximum Gasteiger partial charge on any atom is 0.332 e. The number of rotatable bonds is 2. The van der Waals surface area contributed by atoms with Crippen molar-refractivity contribution in [2.75, 3.05) is 0 Å². The summed E-state index contributed by atoms with van der Waals surface area (Å²) >= 11 is 0. The molecule has 0 saturated heterocycles. The minimum atomic E-state index is -0.612. The molecule has 0 aliphatic heterocycles. The van der Waals surface area contributed by atoms with Crippen LogP contribution in [0.3, 0.4) is 0 Å². The van der Waals surface area contributed by atoms with Crippen molar-refractivity contribution in [2.24, 2.45) is 10.8 Å². The standard InChI is InChI=1S/C16H21N3O/c17-16(20)19-18-15-11-7-2-1-6-10-14(15)12-13-8-4-3-5-9-13/h3-5,8-9,12H,1-2,6-7,10-11H2,(H3,17,19,20)/b14-12+,18-15+. The van der Waals surface area contributed by atoms with Gasteiger partial charge in [0.15, 0.2) is 0 Å². The third-order valence-corrected chi connectivity index (χ3v) is 3.42. The summed E-state index contributed by atoms with van der Waals surface area (Å²) < 4.78 is 0. The normalized spacial score (nSPS) is 20.4. The molecular weight excluding hydrogens is 250 g/mol. The number of urea groups is 1. The molecule has 0 bridgehead atoms. The van der Waals surface area contributed by atoms with E-state index in [9.17, 15) is 4.79 Å². The third kappa shape index (κ3) is 4.53. The molecule has 1 aliphatic carbocycles. The van der Waals surface area contributed by atoms with Crippen LogP contribution in [-0.4, -0.2) is 11.7 Å². The topological polar surface area (TPSA) is 67.5 Å². The van der Waals surface area contributed by atoms with Crippen molar-refractivity contribution in [3.05, 3.63) is 41.5 Å². The minimum Gasteiger partial charge on any atom is -0.350 e. The number of benzene rings is 1. The lowest BCUT2D eigenvalue weighted by Crippen LogP contribution is -2.26. The number of carbonyl (C=O) groups is 1. The fourth-order valence-electron chi connectivity index (χ4n) is 2.42. The number of hydrogen-bond donors (Lipinski definition) is 2. The van der Waals surface area contributed by atoms with Gasteiger partial charge in [-0.1, -0.05) is 43.2 Å². The first kappa shape index (κ1) is 14.3. The van der Waals surface area contributed by atoms with E-state index in [2.05, 4.69) is 28.7 Å². The Morgan fingerprint density at radius 2 is 1.80 bits per heavy atom.